The van der Waals surface area contributed by atoms with Crippen molar-refractivity contribution in [1.29, 1.82) is 0 Å². The first-order chi connectivity index (χ1) is 13.9. The third-order valence-corrected chi connectivity index (χ3v) is 4.03. The Morgan fingerprint density at radius 2 is 1.62 bits per heavy atom. The normalized spacial score (nSPS) is 10.2. The maximum absolute atomic E-state index is 12.0. The van der Waals surface area contributed by atoms with Gasteiger partial charge in [-0.05, 0) is 55.2 Å². The van der Waals surface area contributed by atoms with E-state index in [1.165, 1.54) is 0 Å². The van der Waals surface area contributed by atoms with Crippen LogP contribution < -0.4 is 15.4 Å². The molecule has 2 aromatic rings. The molecule has 0 aliphatic rings. The third-order valence-electron chi connectivity index (χ3n) is 4.03. The van der Waals surface area contributed by atoms with Gasteiger partial charge in [0.15, 0.2) is 13.2 Å². The number of hydrogen-bond acceptors (Lipinski definition) is 5. The topological polar surface area (TPSA) is 93.7 Å². The zero-order valence-corrected chi connectivity index (χ0v) is 16.9. The lowest BCUT2D eigenvalue weighted by Gasteiger charge is -2.11. The van der Waals surface area contributed by atoms with Gasteiger partial charge in [0.25, 0.3) is 5.91 Å². The average Bonchev–Trinajstić information content (AvgIpc) is 2.69. The number of nitrogens with one attached hydrogen (secondary N) is 2. The summed E-state index contributed by atoms with van der Waals surface area (Å²) in [5.41, 5.74) is 3.76. The second kappa shape index (κ2) is 10.8. The number of para-hydroxylation sites is 1. The fraction of sp³-hybridized carbons (Fsp3) is 0.318. The van der Waals surface area contributed by atoms with Gasteiger partial charge in [-0.1, -0.05) is 31.2 Å². The maximum Gasteiger partial charge on any atom is 0.344 e. The van der Waals surface area contributed by atoms with Gasteiger partial charge in [-0.2, -0.15) is 0 Å². The first-order valence-electron chi connectivity index (χ1n) is 9.38. The Morgan fingerprint density at radius 3 is 2.31 bits per heavy atom. The first kappa shape index (κ1) is 21.9. The number of ether oxygens (including phenoxy) is 2. The maximum atomic E-state index is 12.0. The molecule has 7 nitrogen and oxygen atoms in total. The van der Waals surface area contributed by atoms with Crippen LogP contribution in [0.4, 0.5) is 5.69 Å². The van der Waals surface area contributed by atoms with E-state index in [1.54, 1.807) is 6.07 Å². The molecule has 7 heteroatoms. The minimum Gasteiger partial charge on any atom is -0.482 e. The Morgan fingerprint density at radius 1 is 0.931 bits per heavy atom. The van der Waals surface area contributed by atoms with Crippen LogP contribution >= 0.6 is 0 Å². The average molecular weight is 398 g/mol. The molecule has 0 aliphatic heterocycles. The Bertz CT molecular complexity index is 859. The van der Waals surface area contributed by atoms with Crippen molar-refractivity contribution in [3.63, 3.8) is 0 Å². The summed E-state index contributed by atoms with van der Waals surface area (Å²) < 4.78 is 10.2. The lowest BCUT2D eigenvalue weighted by Crippen LogP contribution is -2.36. The molecular weight excluding hydrogens is 372 g/mol. The van der Waals surface area contributed by atoms with Crippen LogP contribution in [0.5, 0.6) is 5.75 Å². The Hall–Kier alpha value is -3.35. The summed E-state index contributed by atoms with van der Waals surface area (Å²) in [6.07, 6.45) is 0.781. The number of carbonyl (C=O) groups excluding carboxylic acids is 3. The summed E-state index contributed by atoms with van der Waals surface area (Å²) in [4.78, 5) is 35.5. The van der Waals surface area contributed by atoms with E-state index < -0.39 is 18.5 Å². The summed E-state index contributed by atoms with van der Waals surface area (Å²) in [6.45, 7) is 4.86. The van der Waals surface area contributed by atoms with E-state index in [0.29, 0.717) is 11.4 Å². The molecule has 0 aromatic heterocycles. The highest BCUT2D eigenvalue weighted by atomic mass is 16.6. The zero-order valence-electron chi connectivity index (χ0n) is 16.9. The van der Waals surface area contributed by atoms with Crippen molar-refractivity contribution in [2.24, 2.45) is 0 Å². The van der Waals surface area contributed by atoms with E-state index in [2.05, 4.69) is 10.6 Å². The van der Waals surface area contributed by atoms with Crippen LogP contribution in [0, 0.1) is 13.8 Å². The van der Waals surface area contributed by atoms with Crippen molar-refractivity contribution >= 4 is 23.5 Å². The van der Waals surface area contributed by atoms with Gasteiger partial charge in [-0.25, -0.2) is 4.79 Å². The molecule has 0 saturated heterocycles. The van der Waals surface area contributed by atoms with E-state index in [4.69, 9.17) is 9.47 Å². The Labute approximate surface area is 170 Å². The summed E-state index contributed by atoms with van der Waals surface area (Å²) in [6, 6.07) is 13.1. The molecule has 2 aromatic carbocycles. The van der Waals surface area contributed by atoms with Gasteiger partial charge < -0.3 is 20.1 Å². The number of benzene rings is 2. The van der Waals surface area contributed by atoms with Crippen LogP contribution in [0.15, 0.2) is 42.5 Å². The van der Waals surface area contributed by atoms with Crippen molar-refractivity contribution in [2.75, 3.05) is 25.1 Å². The largest absolute Gasteiger partial charge is 0.482 e. The van der Waals surface area contributed by atoms with Crippen LogP contribution in [0.25, 0.3) is 0 Å². The molecule has 0 unspecified atom stereocenters. The minimum atomic E-state index is -0.666. The number of aryl methyl sites for hydroxylation is 3. The SMILES string of the molecule is CCc1ccccc1NC(=O)CNC(=O)COC(=O)COc1cc(C)cc(C)c1. The monoisotopic (exact) mass is 398 g/mol. The second-order valence-electron chi connectivity index (χ2n) is 6.61. The number of rotatable bonds is 9. The molecular formula is C22H26N2O5. The van der Waals surface area contributed by atoms with E-state index in [-0.39, 0.29) is 19.1 Å². The molecule has 0 bridgehead atoms. The van der Waals surface area contributed by atoms with Crippen molar-refractivity contribution < 1.29 is 23.9 Å². The van der Waals surface area contributed by atoms with Crippen LogP contribution in [0.2, 0.25) is 0 Å². The number of amides is 2. The van der Waals surface area contributed by atoms with Gasteiger partial charge >= 0.3 is 5.97 Å². The molecule has 0 aliphatic carbocycles. The van der Waals surface area contributed by atoms with E-state index in [1.807, 2.05) is 57.2 Å². The molecule has 29 heavy (non-hydrogen) atoms. The number of hydrogen-bond donors (Lipinski definition) is 2. The molecule has 0 atom stereocenters. The highest BCUT2D eigenvalue weighted by molar-refractivity contribution is 5.95. The predicted molar refractivity (Wildman–Crippen MR) is 110 cm³/mol. The van der Waals surface area contributed by atoms with Crippen molar-refractivity contribution in [1.82, 2.24) is 5.32 Å². The minimum absolute atomic E-state index is 0.215. The quantitative estimate of drug-likeness (QED) is 0.633. The Balaban J connectivity index is 1.68. The molecule has 2 amide bonds. The Kier molecular flexibility index (Phi) is 8.21. The van der Waals surface area contributed by atoms with E-state index >= 15 is 0 Å². The number of esters is 1. The molecule has 0 heterocycles. The number of carbonyl (C=O) groups is 3. The van der Waals surface area contributed by atoms with Gasteiger partial charge in [0.05, 0.1) is 6.54 Å². The van der Waals surface area contributed by atoms with Gasteiger partial charge in [-0.3, -0.25) is 9.59 Å². The predicted octanol–water partition coefficient (Wildman–Crippen LogP) is 2.54. The van der Waals surface area contributed by atoms with Crippen LogP contribution in [-0.4, -0.2) is 37.5 Å². The van der Waals surface area contributed by atoms with Crippen LogP contribution in [0.1, 0.15) is 23.6 Å². The summed E-state index contributed by atoms with van der Waals surface area (Å²) in [7, 11) is 0. The van der Waals surface area contributed by atoms with Crippen LogP contribution in [0.3, 0.4) is 0 Å². The number of anilines is 1. The lowest BCUT2D eigenvalue weighted by molar-refractivity contribution is -0.150. The molecule has 2 N–H and O–H groups in total. The van der Waals surface area contributed by atoms with Gasteiger partial charge in [0.2, 0.25) is 5.91 Å². The van der Waals surface area contributed by atoms with Gasteiger partial charge in [0, 0.05) is 5.69 Å². The van der Waals surface area contributed by atoms with Crippen molar-refractivity contribution in [3.8, 4) is 5.75 Å². The molecule has 0 spiro atoms. The third kappa shape index (κ3) is 7.65. The standard InChI is InChI=1S/C22H26N2O5/c1-4-17-7-5-6-8-19(17)24-20(25)12-23-21(26)13-29-22(27)14-28-18-10-15(2)9-16(3)11-18/h5-11H,4,12-14H2,1-3H3,(H,23,26)(H,24,25). The molecule has 0 saturated carbocycles. The lowest BCUT2D eigenvalue weighted by atomic mass is 10.1. The molecule has 0 radical (unpaired) electrons. The fourth-order valence-electron chi connectivity index (χ4n) is 2.72. The fourth-order valence-corrected chi connectivity index (χ4v) is 2.72. The summed E-state index contributed by atoms with van der Waals surface area (Å²) in [5, 5.41) is 5.16. The molecule has 154 valence electrons. The van der Waals surface area contributed by atoms with Gasteiger partial charge in [-0.15, -0.1) is 0 Å². The van der Waals surface area contributed by atoms with Crippen molar-refractivity contribution in [3.05, 3.63) is 59.2 Å². The van der Waals surface area contributed by atoms with E-state index in [0.717, 1.165) is 23.1 Å². The highest BCUT2D eigenvalue weighted by Gasteiger charge is 2.11. The second-order valence-corrected chi connectivity index (χ2v) is 6.61. The smallest absolute Gasteiger partial charge is 0.344 e. The van der Waals surface area contributed by atoms with Gasteiger partial charge in [0.1, 0.15) is 5.75 Å². The van der Waals surface area contributed by atoms with Crippen LogP contribution in [-0.2, 0) is 25.5 Å². The summed E-state index contributed by atoms with van der Waals surface area (Å²) >= 11 is 0. The van der Waals surface area contributed by atoms with Crippen molar-refractivity contribution in [2.45, 2.75) is 27.2 Å². The zero-order chi connectivity index (χ0) is 21.2. The highest BCUT2D eigenvalue weighted by Crippen LogP contribution is 2.16. The molecule has 0 fully saturated rings. The molecule has 2 rings (SSSR count). The van der Waals surface area contributed by atoms with E-state index in [9.17, 15) is 14.4 Å². The summed E-state index contributed by atoms with van der Waals surface area (Å²) in [5.74, 6) is -1.03. The first-order valence-corrected chi connectivity index (χ1v) is 9.38.